The van der Waals surface area contributed by atoms with Gasteiger partial charge in [-0.2, -0.15) is 0 Å². The van der Waals surface area contributed by atoms with Gasteiger partial charge in [0.15, 0.2) is 9.84 Å². The molecule has 1 saturated heterocycles. The molecule has 1 N–H and O–H groups in total. The zero-order chi connectivity index (χ0) is 17.3. The number of piperidine rings is 1. The van der Waals surface area contributed by atoms with Crippen LogP contribution in [0.25, 0.3) is 0 Å². The lowest BCUT2D eigenvalue weighted by atomic mass is 9.78. The molecule has 1 aromatic carbocycles. The average molecular weight is 340 g/mol. The summed E-state index contributed by atoms with van der Waals surface area (Å²) in [7, 11) is -3.14. The highest BCUT2D eigenvalue weighted by Gasteiger charge is 2.37. The number of benzene rings is 1. The molecule has 0 aromatic heterocycles. The molecule has 2 atom stereocenters. The third-order valence-corrected chi connectivity index (χ3v) is 5.93. The van der Waals surface area contributed by atoms with E-state index >= 15 is 0 Å². The van der Waals surface area contributed by atoms with Crippen LogP contribution in [0.3, 0.4) is 0 Å². The summed E-state index contributed by atoms with van der Waals surface area (Å²) in [5.74, 6) is 0.854. The molecule has 1 aliphatic heterocycles. The van der Waals surface area contributed by atoms with Gasteiger partial charge >= 0.3 is 0 Å². The minimum atomic E-state index is -3.14. The Kier molecular flexibility index (Phi) is 5.54. The summed E-state index contributed by atoms with van der Waals surface area (Å²) in [6, 6.07) is 7.13. The first kappa shape index (κ1) is 18.4. The Morgan fingerprint density at radius 2 is 1.91 bits per heavy atom. The number of sulfone groups is 1. The molecule has 0 saturated carbocycles. The predicted octanol–water partition coefficient (Wildman–Crippen LogP) is 2.71. The van der Waals surface area contributed by atoms with E-state index < -0.39 is 15.4 Å². The van der Waals surface area contributed by atoms with Crippen LogP contribution >= 0.6 is 0 Å². The van der Waals surface area contributed by atoms with Crippen molar-refractivity contribution in [2.75, 3.05) is 19.3 Å². The van der Waals surface area contributed by atoms with E-state index in [9.17, 15) is 13.5 Å². The van der Waals surface area contributed by atoms with Gasteiger partial charge < -0.3 is 5.11 Å². The molecule has 23 heavy (non-hydrogen) atoms. The van der Waals surface area contributed by atoms with Crippen LogP contribution in [0.15, 0.2) is 29.2 Å². The van der Waals surface area contributed by atoms with Crippen molar-refractivity contribution in [2.45, 2.75) is 50.7 Å². The third-order valence-electron chi connectivity index (χ3n) is 4.81. The Morgan fingerprint density at radius 3 is 2.43 bits per heavy atom. The fourth-order valence-corrected chi connectivity index (χ4v) is 3.96. The van der Waals surface area contributed by atoms with Gasteiger partial charge in [-0.05, 0) is 43.4 Å². The highest BCUT2D eigenvalue weighted by atomic mass is 32.2. The molecule has 2 rings (SSSR count). The predicted molar refractivity (Wildman–Crippen MR) is 93.0 cm³/mol. The molecule has 0 radical (unpaired) electrons. The zero-order valence-corrected chi connectivity index (χ0v) is 15.4. The zero-order valence-electron chi connectivity index (χ0n) is 14.6. The van der Waals surface area contributed by atoms with Crippen molar-refractivity contribution in [1.82, 2.24) is 4.90 Å². The SMILES string of the molecule is CC(C)C[C@H]1CN(Cc2ccc(S(C)(=O)=O)cc2)CC[C@@]1(C)O. The Hall–Kier alpha value is -0.910. The van der Waals surface area contributed by atoms with E-state index in [1.165, 1.54) is 6.26 Å². The van der Waals surface area contributed by atoms with Crippen LogP contribution in [0.5, 0.6) is 0 Å². The highest BCUT2D eigenvalue weighted by molar-refractivity contribution is 7.90. The van der Waals surface area contributed by atoms with Gasteiger partial charge in [-0.3, -0.25) is 4.90 Å². The second kappa shape index (κ2) is 6.91. The minimum absolute atomic E-state index is 0.284. The van der Waals surface area contributed by atoms with Gasteiger partial charge in [0.2, 0.25) is 0 Å². The summed E-state index contributed by atoms with van der Waals surface area (Å²) in [4.78, 5) is 2.72. The number of hydrogen-bond donors (Lipinski definition) is 1. The highest BCUT2D eigenvalue weighted by Crippen LogP contribution is 2.32. The van der Waals surface area contributed by atoms with E-state index in [1.807, 2.05) is 19.1 Å². The first-order chi connectivity index (χ1) is 10.6. The minimum Gasteiger partial charge on any atom is -0.390 e. The lowest BCUT2D eigenvalue weighted by Crippen LogP contribution is -2.50. The summed E-state index contributed by atoms with van der Waals surface area (Å²) >= 11 is 0. The first-order valence-electron chi connectivity index (χ1n) is 8.31. The average Bonchev–Trinajstić information content (AvgIpc) is 2.42. The second-order valence-corrected chi connectivity index (χ2v) is 9.60. The number of nitrogens with zero attached hydrogens (tertiary/aromatic N) is 1. The van der Waals surface area contributed by atoms with Crippen LogP contribution in [-0.2, 0) is 16.4 Å². The van der Waals surface area contributed by atoms with Crippen LogP contribution in [0.2, 0.25) is 0 Å². The van der Waals surface area contributed by atoms with Crippen LogP contribution in [0.1, 0.15) is 39.2 Å². The maximum atomic E-state index is 11.5. The number of rotatable bonds is 5. The van der Waals surface area contributed by atoms with Gasteiger partial charge in [-0.15, -0.1) is 0 Å². The van der Waals surface area contributed by atoms with Crippen molar-refractivity contribution in [1.29, 1.82) is 0 Å². The smallest absolute Gasteiger partial charge is 0.175 e. The van der Waals surface area contributed by atoms with E-state index in [0.717, 1.165) is 38.0 Å². The second-order valence-electron chi connectivity index (χ2n) is 7.58. The van der Waals surface area contributed by atoms with Crippen molar-refractivity contribution in [3.8, 4) is 0 Å². The van der Waals surface area contributed by atoms with Crippen molar-refractivity contribution in [3.63, 3.8) is 0 Å². The summed E-state index contributed by atoms with van der Waals surface area (Å²) < 4.78 is 23.0. The van der Waals surface area contributed by atoms with Crippen LogP contribution in [-0.4, -0.2) is 43.4 Å². The maximum Gasteiger partial charge on any atom is 0.175 e. The molecule has 0 aliphatic carbocycles. The molecule has 130 valence electrons. The van der Waals surface area contributed by atoms with Crippen LogP contribution < -0.4 is 0 Å². The van der Waals surface area contributed by atoms with Gasteiger partial charge in [-0.25, -0.2) is 8.42 Å². The molecule has 1 heterocycles. The molecular formula is C18H29NO3S. The van der Waals surface area contributed by atoms with Crippen molar-refractivity contribution in [3.05, 3.63) is 29.8 Å². The quantitative estimate of drug-likeness (QED) is 0.896. The van der Waals surface area contributed by atoms with E-state index in [2.05, 4.69) is 18.7 Å². The van der Waals surface area contributed by atoms with E-state index in [-0.39, 0.29) is 5.92 Å². The Morgan fingerprint density at radius 1 is 1.30 bits per heavy atom. The number of hydrogen-bond acceptors (Lipinski definition) is 4. The molecule has 1 fully saturated rings. The Bertz CT molecular complexity index is 620. The van der Waals surface area contributed by atoms with Crippen molar-refractivity contribution >= 4 is 9.84 Å². The third kappa shape index (κ3) is 5.03. The Labute approximate surface area is 140 Å². The van der Waals surface area contributed by atoms with Crippen molar-refractivity contribution in [2.24, 2.45) is 11.8 Å². The standard InChI is InChI=1S/C18H29NO3S/c1-14(2)11-16-13-19(10-9-18(16,3)20)12-15-5-7-17(8-6-15)23(4,21)22/h5-8,14,16,20H,9-13H2,1-4H3/t16-,18+/m0/s1. The lowest BCUT2D eigenvalue weighted by Gasteiger charge is -2.43. The number of aliphatic hydroxyl groups is 1. The van der Waals surface area contributed by atoms with Gasteiger partial charge in [0, 0.05) is 31.8 Å². The maximum absolute atomic E-state index is 11.5. The topological polar surface area (TPSA) is 57.6 Å². The molecule has 0 spiro atoms. The normalized spacial score (nSPS) is 26.6. The summed E-state index contributed by atoms with van der Waals surface area (Å²) in [5, 5.41) is 10.6. The monoisotopic (exact) mass is 339 g/mol. The lowest BCUT2D eigenvalue weighted by molar-refractivity contribution is -0.0664. The molecule has 0 amide bonds. The molecule has 0 bridgehead atoms. The van der Waals surface area contributed by atoms with E-state index in [0.29, 0.717) is 10.8 Å². The van der Waals surface area contributed by atoms with Crippen LogP contribution in [0, 0.1) is 11.8 Å². The molecule has 4 nitrogen and oxygen atoms in total. The summed E-state index contributed by atoms with van der Waals surface area (Å²) in [6.07, 6.45) is 3.04. The van der Waals surface area contributed by atoms with Crippen molar-refractivity contribution < 1.29 is 13.5 Å². The summed E-state index contributed by atoms with van der Waals surface area (Å²) in [5.41, 5.74) is 0.531. The molecule has 1 aliphatic rings. The van der Waals surface area contributed by atoms with Crippen LogP contribution in [0.4, 0.5) is 0 Å². The van der Waals surface area contributed by atoms with Gasteiger partial charge in [0.05, 0.1) is 10.5 Å². The molecule has 1 aromatic rings. The van der Waals surface area contributed by atoms with E-state index in [1.54, 1.807) is 12.1 Å². The summed E-state index contributed by atoms with van der Waals surface area (Å²) in [6.45, 7) is 8.90. The Balaban J connectivity index is 2.03. The number of likely N-dealkylation sites (tertiary alicyclic amines) is 1. The largest absolute Gasteiger partial charge is 0.390 e. The fourth-order valence-electron chi connectivity index (χ4n) is 3.33. The fraction of sp³-hybridized carbons (Fsp3) is 0.667. The molecule has 0 unspecified atom stereocenters. The van der Waals surface area contributed by atoms with Gasteiger partial charge in [0.25, 0.3) is 0 Å². The van der Waals surface area contributed by atoms with Gasteiger partial charge in [-0.1, -0.05) is 26.0 Å². The molecule has 5 heteroatoms. The van der Waals surface area contributed by atoms with Gasteiger partial charge in [0.1, 0.15) is 0 Å². The first-order valence-corrected chi connectivity index (χ1v) is 10.2. The van der Waals surface area contributed by atoms with E-state index in [4.69, 9.17) is 0 Å². The molecular weight excluding hydrogens is 310 g/mol.